The Morgan fingerprint density at radius 1 is 1.32 bits per heavy atom. The molecule has 4 heteroatoms. The molecule has 1 aromatic heterocycles. The number of nitrogens with one attached hydrogen (secondary N) is 1. The van der Waals surface area contributed by atoms with Gasteiger partial charge in [-0.1, -0.05) is 12.8 Å². The molecule has 1 aliphatic carbocycles. The molecular weight excluding hydrogens is 243 g/mol. The lowest BCUT2D eigenvalue weighted by atomic mass is 10.0. The maximum Gasteiger partial charge on any atom is 0.123 e. The molecule has 0 spiro atoms. The molecule has 1 heterocycles. The summed E-state index contributed by atoms with van der Waals surface area (Å²) in [7, 11) is 0. The number of halogens is 1. The highest BCUT2D eigenvalue weighted by atomic mass is 19.1. The fraction of sp³-hybridized carbons (Fsp3) is 0.400. The molecule has 0 amide bonds. The van der Waals surface area contributed by atoms with E-state index in [0.29, 0.717) is 0 Å². The Labute approximate surface area is 111 Å². The molecule has 1 atom stereocenters. The smallest absolute Gasteiger partial charge is 0.123 e. The third-order valence-electron chi connectivity index (χ3n) is 3.71. The normalized spacial score (nSPS) is 16.5. The van der Waals surface area contributed by atoms with Crippen LogP contribution in [-0.2, 0) is 0 Å². The van der Waals surface area contributed by atoms with Gasteiger partial charge in [0.2, 0.25) is 0 Å². The van der Waals surface area contributed by atoms with Gasteiger partial charge in [0.25, 0.3) is 0 Å². The Morgan fingerprint density at radius 3 is 2.74 bits per heavy atom. The van der Waals surface area contributed by atoms with Crippen LogP contribution in [0.1, 0.15) is 37.4 Å². The van der Waals surface area contributed by atoms with Gasteiger partial charge in [-0.3, -0.25) is 5.10 Å². The van der Waals surface area contributed by atoms with Gasteiger partial charge in [-0.15, -0.1) is 0 Å². The van der Waals surface area contributed by atoms with Crippen LogP contribution in [0.2, 0.25) is 0 Å². The van der Waals surface area contributed by atoms with Crippen LogP contribution in [0.25, 0.3) is 11.3 Å². The summed E-state index contributed by atoms with van der Waals surface area (Å²) < 4.78 is 12.9. The summed E-state index contributed by atoms with van der Waals surface area (Å²) in [5.41, 5.74) is 2.43. The summed E-state index contributed by atoms with van der Waals surface area (Å²) in [5.74, 6) is 0.537. The highest BCUT2D eigenvalue weighted by molar-refractivity contribution is 5.62. The number of aliphatic hydroxyl groups excluding tert-OH is 1. The van der Waals surface area contributed by atoms with E-state index >= 15 is 0 Å². The zero-order chi connectivity index (χ0) is 13.2. The number of aromatic amines is 1. The molecule has 1 fully saturated rings. The maximum atomic E-state index is 12.9. The minimum absolute atomic E-state index is 0.265. The summed E-state index contributed by atoms with van der Waals surface area (Å²) in [6.07, 6.45) is 5.58. The van der Waals surface area contributed by atoms with Gasteiger partial charge in [0.15, 0.2) is 0 Å². The first-order valence-corrected chi connectivity index (χ1v) is 6.71. The summed E-state index contributed by atoms with van der Waals surface area (Å²) in [6.45, 7) is 0. The monoisotopic (exact) mass is 260 g/mol. The van der Waals surface area contributed by atoms with Crippen molar-refractivity contribution in [2.24, 2.45) is 5.92 Å². The quantitative estimate of drug-likeness (QED) is 0.865. The number of hydrogen-bond donors (Lipinski definition) is 2. The Hall–Kier alpha value is -1.68. The van der Waals surface area contributed by atoms with Crippen LogP contribution < -0.4 is 0 Å². The van der Waals surface area contributed by atoms with E-state index in [-0.39, 0.29) is 5.82 Å². The van der Waals surface area contributed by atoms with Crippen LogP contribution >= 0.6 is 0 Å². The average molecular weight is 260 g/mol. The van der Waals surface area contributed by atoms with Crippen molar-refractivity contribution in [2.45, 2.75) is 31.8 Å². The number of aromatic nitrogens is 2. The maximum absolute atomic E-state index is 12.9. The molecule has 1 unspecified atom stereocenters. The number of nitrogens with zero attached hydrogens (tertiary/aromatic N) is 1. The molecule has 1 saturated carbocycles. The third-order valence-corrected chi connectivity index (χ3v) is 3.71. The van der Waals surface area contributed by atoms with Crippen LogP contribution in [0.4, 0.5) is 4.39 Å². The Morgan fingerprint density at radius 2 is 2.05 bits per heavy atom. The molecule has 1 aromatic carbocycles. The molecule has 100 valence electrons. The highest BCUT2D eigenvalue weighted by Crippen LogP contribution is 2.37. The molecule has 2 aromatic rings. The molecule has 3 nitrogen and oxygen atoms in total. The number of H-pyrrole nitrogens is 1. The van der Waals surface area contributed by atoms with Crippen LogP contribution in [0, 0.1) is 11.7 Å². The Kier molecular flexibility index (Phi) is 3.34. The zero-order valence-electron chi connectivity index (χ0n) is 10.6. The lowest BCUT2D eigenvalue weighted by Crippen LogP contribution is -1.99. The van der Waals surface area contributed by atoms with Crippen molar-refractivity contribution in [3.8, 4) is 11.3 Å². The lowest BCUT2D eigenvalue weighted by molar-refractivity contribution is 0.163. The number of benzene rings is 1. The topological polar surface area (TPSA) is 48.9 Å². The molecule has 1 aliphatic rings. The van der Waals surface area contributed by atoms with E-state index in [0.717, 1.165) is 35.6 Å². The number of hydrogen-bond acceptors (Lipinski definition) is 2. The molecule has 2 N–H and O–H groups in total. The fourth-order valence-corrected chi connectivity index (χ4v) is 2.35. The van der Waals surface area contributed by atoms with Gasteiger partial charge in [-0.05, 0) is 43.0 Å². The second kappa shape index (κ2) is 5.13. The van der Waals surface area contributed by atoms with Gasteiger partial charge in [-0.2, -0.15) is 5.10 Å². The van der Waals surface area contributed by atoms with Crippen molar-refractivity contribution in [2.75, 3.05) is 0 Å². The highest BCUT2D eigenvalue weighted by Gasteiger charge is 2.23. The van der Waals surface area contributed by atoms with E-state index in [2.05, 4.69) is 10.2 Å². The molecule has 3 rings (SSSR count). The first-order chi connectivity index (χ1) is 9.24. The van der Waals surface area contributed by atoms with Crippen molar-refractivity contribution in [1.82, 2.24) is 10.2 Å². The van der Waals surface area contributed by atoms with Crippen LogP contribution in [0.15, 0.2) is 30.5 Å². The first kappa shape index (κ1) is 12.4. The lowest BCUT2D eigenvalue weighted by Gasteiger charge is -2.10. The third kappa shape index (κ3) is 2.84. The predicted octanol–water partition coefficient (Wildman–Crippen LogP) is 3.44. The molecule has 0 radical (unpaired) electrons. The van der Waals surface area contributed by atoms with E-state index in [1.54, 1.807) is 18.3 Å². The number of aliphatic hydroxyl groups is 1. The second-order valence-electron chi connectivity index (χ2n) is 5.24. The second-order valence-corrected chi connectivity index (χ2v) is 5.24. The zero-order valence-corrected chi connectivity index (χ0v) is 10.6. The fourth-order valence-electron chi connectivity index (χ4n) is 2.35. The van der Waals surface area contributed by atoms with Crippen LogP contribution in [0.5, 0.6) is 0 Å². The van der Waals surface area contributed by atoms with E-state index in [1.807, 2.05) is 0 Å². The van der Waals surface area contributed by atoms with Crippen molar-refractivity contribution in [3.63, 3.8) is 0 Å². The molecule has 0 aliphatic heterocycles. The molecule has 19 heavy (non-hydrogen) atoms. The molecule has 0 saturated heterocycles. The van der Waals surface area contributed by atoms with E-state index in [1.165, 1.54) is 25.0 Å². The van der Waals surface area contributed by atoms with Crippen molar-refractivity contribution >= 4 is 0 Å². The van der Waals surface area contributed by atoms with Gasteiger partial charge in [-0.25, -0.2) is 4.39 Å². The van der Waals surface area contributed by atoms with Gasteiger partial charge in [0.1, 0.15) is 5.82 Å². The largest absolute Gasteiger partial charge is 0.388 e. The van der Waals surface area contributed by atoms with Crippen LogP contribution in [0.3, 0.4) is 0 Å². The summed E-state index contributed by atoms with van der Waals surface area (Å²) in [5, 5.41) is 17.1. The van der Waals surface area contributed by atoms with Gasteiger partial charge < -0.3 is 5.11 Å². The van der Waals surface area contributed by atoms with Crippen molar-refractivity contribution in [3.05, 3.63) is 41.8 Å². The van der Waals surface area contributed by atoms with Crippen LogP contribution in [-0.4, -0.2) is 15.3 Å². The minimum Gasteiger partial charge on any atom is -0.388 e. The molecular formula is C15H17FN2O. The average Bonchev–Trinajstić information content (AvgIpc) is 3.12. The van der Waals surface area contributed by atoms with Crippen molar-refractivity contribution in [1.29, 1.82) is 0 Å². The first-order valence-electron chi connectivity index (χ1n) is 6.71. The van der Waals surface area contributed by atoms with Gasteiger partial charge in [0.05, 0.1) is 18.0 Å². The SMILES string of the molecule is OC(CCC1CC1)c1cn[nH]c1-c1ccc(F)cc1. The standard InChI is InChI=1S/C15H17FN2O/c16-12-6-4-11(5-7-12)15-13(9-17-18-15)14(19)8-3-10-1-2-10/h4-7,9-10,14,19H,1-3,8H2,(H,17,18). The Balaban J connectivity index is 1.78. The summed E-state index contributed by atoms with van der Waals surface area (Å²) in [6, 6.07) is 6.22. The predicted molar refractivity (Wildman–Crippen MR) is 70.9 cm³/mol. The Bertz CT molecular complexity index is 546. The minimum atomic E-state index is -0.501. The van der Waals surface area contributed by atoms with E-state index in [4.69, 9.17) is 0 Å². The van der Waals surface area contributed by atoms with E-state index in [9.17, 15) is 9.50 Å². The van der Waals surface area contributed by atoms with Gasteiger partial charge >= 0.3 is 0 Å². The summed E-state index contributed by atoms with van der Waals surface area (Å²) >= 11 is 0. The van der Waals surface area contributed by atoms with E-state index < -0.39 is 6.10 Å². The number of rotatable bonds is 5. The van der Waals surface area contributed by atoms with Gasteiger partial charge in [0, 0.05) is 11.1 Å². The summed E-state index contributed by atoms with van der Waals surface area (Å²) in [4.78, 5) is 0. The van der Waals surface area contributed by atoms with Crippen molar-refractivity contribution < 1.29 is 9.50 Å². The molecule has 0 bridgehead atoms.